The minimum absolute atomic E-state index is 0.117. The summed E-state index contributed by atoms with van der Waals surface area (Å²) in [5, 5.41) is 0. The number of nitrogens with zero attached hydrogens (tertiary/aromatic N) is 2. The molecule has 0 saturated carbocycles. The van der Waals surface area contributed by atoms with Crippen molar-refractivity contribution in [3.8, 4) is 0 Å². The Morgan fingerprint density at radius 2 is 2.00 bits per heavy atom. The number of carbonyl (C=O) groups excluding carboxylic acids is 1. The summed E-state index contributed by atoms with van der Waals surface area (Å²) >= 11 is 0. The van der Waals surface area contributed by atoms with Gasteiger partial charge >= 0.3 is 0 Å². The Balaban J connectivity index is 2.07. The Kier molecular flexibility index (Phi) is 4.56. The minimum atomic E-state index is 0.117. The van der Waals surface area contributed by atoms with Gasteiger partial charge in [-0.2, -0.15) is 0 Å². The van der Waals surface area contributed by atoms with E-state index in [1.54, 1.807) is 6.92 Å². The number of benzene rings is 1. The van der Waals surface area contributed by atoms with Crippen LogP contribution in [0.5, 0.6) is 0 Å². The molecule has 1 atom stereocenters. The Morgan fingerprint density at radius 1 is 1.32 bits per heavy atom. The highest BCUT2D eigenvalue weighted by Gasteiger charge is 2.23. The normalized spacial score (nSPS) is 20.6. The van der Waals surface area contributed by atoms with Crippen LogP contribution in [0.2, 0.25) is 0 Å². The molecule has 1 aromatic carbocycles. The lowest BCUT2D eigenvalue weighted by Gasteiger charge is -2.40. The highest BCUT2D eigenvalue weighted by molar-refractivity contribution is 5.94. The second-order valence-corrected chi connectivity index (χ2v) is 5.26. The van der Waals surface area contributed by atoms with Gasteiger partial charge in [-0.15, -0.1) is 0 Å². The van der Waals surface area contributed by atoms with Crippen LogP contribution in [0.15, 0.2) is 24.3 Å². The van der Waals surface area contributed by atoms with Crippen LogP contribution in [0, 0.1) is 0 Å². The number of piperazine rings is 1. The van der Waals surface area contributed by atoms with Crippen molar-refractivity contribution in [2.24, 2.45) is 5.73 Å². The molecule has 104 valence electrons. The van der Waals surface area contributed by atoms with E-state index in [0.717, 1.165) is 38.2 Å². The quantitative estimate of drug-likeness (QED) is 0.831. The van der Waals surface area contributed by atoms with Crippen molar-refractivity contribution in [2.75, 3.05) is 38.1 Å². The topological polar surface area (TPSA) is 49.6 Å². The first-order valence-corrected chi connectivity index (χ1v) is 6.88. The number of Topliss-reactive ketones (excluding diaryl/α,β-unsaturated/α-hetero) is 1. The lowest BCUT2D eigenvalue weighted by atomic mass is 10.1. The summed E-state index contributed by atoms with van der Waals surface area (Å²) in [6.07, 6.45) is 1.03. The molecule has 0 radical (unpaired) electrons. The maximum Gasteiger partial charge on any atom is 0.159 e. The summed E-state index contributed by atoms with van der Waals surface area (Å²) < 4.78 is 0. The van der Waals surface area contributed by atoms with Gasteiger partial charge in [-0.3, -0.25) is 9.69 Å². The maximum absolute atomic E-state index is 11.3. The summed E-state index contributed by atoms with van der Waals surface area (Å²) in [5.41, 5.74) is 7.65. The number of ketones is 1. The van der Waals surface area contributed by atoms with Crippen molar-refractivity contribution >= 4 is 11.5 Å². The second kappa shape index (κ2) is 6.17. The molecule has 0 bridgehead atoms. The molecule has 4 nitrogen and oxygen atoms in total. The summed E-state index contributed by atoms with van der Waals surface area (Å²) in [6.45, 7) is 5.41. The van der Waals surface area contributed by atoms with Gasteiger partial charge in [0.25, 0.3) is 0 Å². The van der Waals surface area contributed by atoms with E-state index in [-0.39, 0.29) is 5.78 Å². The van der Waals surface area contributed by atoms with Gasteiger partial charge in [-0.25, -0.2) is 0 Å². The largest absolute Gasteiger partial charge is 0.369 e. The molecule has 1 heterocycles. The smallest absolute Gasteiger partial charge is 0.159 e. The van der Waals surface area contributed by atoms with E-state index < -0.39 is 0 Å². The summed E-state index contributed by atoms with van der Waals surface area (Å²) in [5.74, 6) is 0.117. The molecule has 4 heteroatoms. The van der Waals surface area contributed by atoms with Crippen LogP contribution in [0.25, 0.3) is 0 Å². The standard InChI is InChI=1S/C15H23N3O/c1-12(19)13-3-5-14(6-4-13)18-10-9-17(2)15(11-18)7-8-16/h3-6,15H,7-11,16H2,1-2H3. The van der Waals surface area contributed by atoms with E-state index in [4.69, 9.17) is 5.73 Å². The Hall–Kier alpha value is -1.39. The van der Waals surface area contributed by atoms with Crippen LogP contribution in [0.1, 0.15) is 23.7 Å². The lowest BCUT2D eigenvalue weighted by molar-refractivity contribution is 0.101. The number of hydrogen-bond donors (Lipinski definition) is 1. The third-order valence-corrected chi connectivity index (χ3v) is 3.92. The van der Waals surface area contributed by atoms with Crippen molar-refractivity contribution < 1.29 is 4.79 Å². The Labute approximate surface area is 115 Å². The molecule has 1 aliphatic heterocycles. The van der Waals surface area contributed by atoms with Crippen LogP contribution in [-0.4, -0.2) is 50.0 Å². The number of hydrogen-bond acceptors (Lipinski definition) is 4. The van der Waals surface area contributed by atoms with E-state index in [9.17, 15) is 4.79 Å². The van der Waals surface area contributed by atoms with Crippen molar-refractivity contribution in [3.05, 3.63) is 29.8 Å². The van der Waals surface area contributed by atoms with Crippen LogP contribution in [-0.2, 0) is 0 Å². The molecular formula is C15H23N3O. The van der Waals surface area contributed by atoms with Gasteiger partial charge in [-0.1, -0.05) is 0 Å². The molecule has 0 amide bonds. The summed E-state index contributed by atoms with van der Waals surface area (Å²) in [4.78, 5) is 16.0. The highest BCUT2D eigenvalue weighted by atomic mass is 16.1. The maximum atomic E-state index is 11.3. The van der Waals surface area contributed by atoms with Crippen LogP contribution in [0.4, 0.5) is 5.69 Å². The molecule has 1 fully saturated rings. The average molecular weight is 261 g/mol. The van der Waals surface area contributed by atoms with E-state index >= 15 is 0 Å². The van der Waals surface area contributed by atoms with Gasteiger partial charge < -0.3 is 10.6 Å². The van der Waals surface area contributed by atoms with Crippen molar-refractivity contribution in [1.82, 2.24) is 4.90 Å². The fourth-order valence-electron chi connectivity index (χ4n) is 2.59. The molecule has 1 saturated heterocycles. The summed E-state index contributed by atoms with van der Waals surface area (Å²) in [7, 11) is 2.16. The molecule has 19 heavy (non-hydrogen) atoms. The van der Waals surface area contributed by atoms with E-state index in [2.05, 4.69) is 16.8 Å². The minimum Gasteiger partial charge on any atom is -0.369 e. The third-order valence-electron chi connectivity index (χ3n) is 3.92. The number of rotatable bonds is 4. The van der Waals surface area contributed by atoms with Gasteiger partial charge in [0.15, 0.2) is 5.78 Å². The number of likely N-dealkylation sites (N-methyl/N-ethyl adjacent to an activating group) is 1. The number of anilines is 1. The first-order valence-electron chi connectivity index (χ1n) is 6.88. The van der Waals surface area contributed by atoms with Crippen LogP contribution in [0.3, 0.4) is 0 Å². The molecule has 2 rings (SSSR count). The van der Waals surface area contributed by atoms with Crippen LogP contribution >= 0.6 is 0 Å². The van der Waals surface area contributed by atoms with Gasteiger partial charge in [-0.05, 0) is 51.2 Å². The molecule has 0 spiro atoms. The number of nitrogens with two attached hydrogens (primary N) is 1. The fourth-order valence-corrected chi connectivity index (χ4v) is 2.59. The molecule has 0 aromatic heterocycles. The monoisotopic (exact) mass is 261 g/mol. The van der Waals surface area contributed by atoms with E-state index in [0.29, 0.717) is 6.04 Å². The third kappa shape index (κ3) is 3.33. The lowest BCUT2D eigenvalue weighted by Crippen LogP contribution is -2.52. The summed E-state index contributed by atoms with van der Waals surface area (Å²) in [6, 6.07) is 8.43. The van der Waals surface area contributed by atoms with Gasteiger partial charge in [0, 0.05) is 36.9 Å². The first-order chi connectivity index (χ1) is 9.11. The van der Waals surface area contributed by atoms with Gasteiger partial charge in [0.05, 0.1) is 0 Å². The zero-order valence-corrected chi connectivity index (χ0v) is 11.8. The van der Waals surface area contributed by atoms with Gasteiger partial charge in [0.1, 0.15) is 0 Å². The Morgan fingerprint density at radius 3 is 2.58 bits per heavy atom. The van der Waals surface area contributed by atoms with E-state index in [1.807, 2.05) is 24.3 Å². The van der Waals surface area contributed by atoms with E-state index in [1.165, 1.54) is 5.69 Å². The molecular weight excluding hydrogens is 238 g/mol. The van der Waals surface area contributed by atoms with Gasteiger partial charge in [0.2, 0.25) is 0 Å². The zero-order valence-electron chi connectivity index (χ0n) is 11.8. The Bertz CT molecular complexity index is 430. The molecule has 1 unspecified atom stereocenters. The predicted molar refractivity (Wildman–Crippen MR) is 78.7 cm³/mol. The van der Waals surface area contributed by atoms with Crippen molar-refractivity contribution in [1.29, 1.82) is 0 Å². The highest BCUT2D eigenvalue weighted by Crippen LogP contribution is 2.20. The molecule has 1 aliphatic rings. The SMILES string of the molecule is CC(=O)c1ccc(N2CCN(C)C(CCN)C2)cc1. The zero-order chi connectivity index (χ0) is 13.8. The second-order valence-electron chi connectivity index (χ2n) is 5.26. The van der Waals surface area contributed by atoms with Crippen molar-refractivity contribution in [3.63, 3.8) is 0 Å². The first kappa shape index (κ1) is 14.0. The fraction of sp³-hybridized carbons (Fsp3) is 0.533. The molecule has 1 aromatic rings. The average Bonchev–Trinajstić information content (AvgIpc) is 2.41. The number of carbonyl (C=O) groups is 1. The molecule has 0 aliphatic carbocycles. The molecule has 2 N–H and O–H groups in total. The predicted octanol–water partition coefficient (Wildman–Crippen LogP) is 1.36. The van der Waals surface area contributed by atoms with Crippen molar-refractivity contribution in [2.45, 2.75) is 19.4 Å². The van der Waals surface area contributed by atoms with Crippen LogP contribution < -0.4 is 10.6 Å².